The largest absolute Gasteiger partial charge is 0.478 e. The molecule has 0 aromatic heterocycles. The van der Waals surface area contributed by atoms with Crippen molar-refractivity contribution in [1.29, 1.82) is 0 Å². The number of unbranched alkanes of at least 4 members (excludes halogenated alkanes) is 7. The molecule has 1 unspecified atom stereocenters. The molecule has 0 heterocycles. The maximum absolute atomic E-state index is 10.2. The van der Waals surface area contributed by atoms with Crippen molar-refractivity contribution in [2.75, 3.05) is 0 Å². The first-order valence-corrected chi connectivity index (χ1v) is 7.74. The Morgan fingerprint density at radius 1 is 1.00 bits per heavy atom. The third kappa shape index (κ3) is 15.1. The maximum atomic E-state index is 10.2. The van der Waals surface area contributed by atoms with Crippen LogP contribution >= 0.6 is 0 Å². The van der Waals surface area contributed by atoms with Crippen LogP contribution in [0.25, 0.3) is 0 Å². The third-order valence-corrected chi connectivity index (χ3v) is 3.31. The molecule has 0 amide bonds. The smallest absolute Gasteiger partial charge is 0.327 e. The molecule has 0 aromatic carbocycles. The van der Waals surface area contributed by atoms with Gasteiger partial charge in [-0.1, -0.05) is 57.9 Å². The van der Waals surface area contributed by atoms with Gasteiger partial charge >= 0.3 is 5.97 Å². The lowest BCUT2D eigenvalue weighted by molar-refractivity contribution is -0.131. The van der Waals surface area contributed by atoms with Gasteiger partial charge < -0.3 is 10.2 Å². The van der Waals surface area contributed by atoms with Gasteiger partial charge in [-0.05, 0) is 25.7 Å². The summed E-state index contributed by atoms with van der Waals surface area (Å²) in [5.74, 6) is -0.869. The van der Waals surface area contributed by atoms with Gasteiger partial charge in [-0.15, -0.1) is 0 Å². The second kappa shape index (κ2) is 13.6. The molecule has 0 aliphatic carbocycles. The molecule has 3 heteroatoms. The molecule has 2 N–H and O–H groups in total. The van der Waals surface area contributed by atoms with E-state index in [0.717, 1.165) is 51.4 Å². The van der Waals surface area contributed by atoms with Crippen molar-refractivity contribution >= 4 is 5.97 Å². The Morgan fingerprint density at radius 3 is 2.16 bits per heavy atom. The Hall–Kier alpha value is -0.830. The van der Waals surface area contributed by atoms with Crippen molar-refractivity contribution in [3.8, 4) is 0 Å². The van der Waals surface area contributed by atoms with Crippen LogP contribution in [0.4, 0.5) is 0 Å². The number of hydrogen-bond acceptors (Lipinski definition) is 2. The standard InChI is InChI=1S/C16H30O3/c1-2-3-4-9-12-15(17)13-10-7-5-6-8-11-14-16(18)19/h11,14-15,17H,2-10,12-13H2,1H3,(H,18,19). The number of aliphatic carboxylic acids is 1. The molecule has 0 fully saturated rings. The molecule has 1 atom stereocenters. The maximum Gasteiger partial charge on any atom is 0.327 e. The van der Waals surface area contributed by atoms with E-state index in [0.29, 0.717) is 0 Å². The Bertz CT molecular complexity index is 236. The number of carboxylic acid groups (broad SMARTS) is 1. The molecule has 19 heavy (non-hydrogen) atoms. The monoisotopic (exact) mass is 270 g/mol. The Morgan fingerprint density at radius 2 is 1.58 bits per heavy atom. The van der Waals surface area contributed by atoms with E-state index in [1.165, 1.54) is 25.3 Å². The minimum absolute atomic E-state index is 0.122. The molecule has 3 nitrogen and oxygen atoms in total. The topological polar surface area (TPSA) is 57.5 Å². The van der Waals surface area contributed by atoms with E-state index in [9.17, 15) is 9.90 Å². The number of allylic oxidation sites excluding steroid dienone is 1. The summed E-state index contributed by atoms with van der Waals surface area (Å²) >= 11 is 0. The predicted molar refractivity (Wildman–Crippen MR) is 79.2 cm³/mol. The van der Waals surface area contributed by atoms with E-state index in [2.05, 4.69) is 6.92 Å². The van der Waals surface area contributed by atoms with Crippen LogP contribution in [-0.4, -0.2) is 22.3 Å². The summed E-state index contributed by atoms with van der Waals surface area (Å²) in [4.78, 5) is 10.2. The highest BCUT2D eigenvalue weighted by Gasteiger charge is 2.03. The van der Waals surface area contributed by atoms with Crippen LogP contribution < -0.4 is 0 Å². The van der Waals surface area contributed by atoms with E-state index in [4.69, 9.17) is 5.11 Å². The highest BCUT2D eigenvalue weighted by molar-refractivity contribution is 5.79. The minimum Gasteiger partial charge on any atom is -0.478 e. The van der Waals surface area contributed by atoms with E-state index in [-0.39, 0.29) is 6.10 Å². The van der Waals surface area contributed by atoms with Gasteiger partial charge in [0.1, 0.15) is 0 Å². The lowest BCUT2D eigenvalue weighted by Crippen LogP contribution is -2.05. The molecule has 0 saturated heterocycles. The molecular formula is C16H30O3. The second-order valence-electron chi connectivity index (χ2n) is 5.24. The molecule has 0 saturated carbocycles. The van der Waals surface area contributed by atoms with Crippen molar-refractivity contribution in [3.63, 3.8) is 0 Å². The summed E-state index contributed by atoms with van der Waals surface area (Å²) in [6.07, 6.45) is 14.8. The zero-order valence-electron chi connectivity index (χ0n) is 12.3. The van der Waals surface area contributed by atoms with Gasteiger partial charge in [0.25, 0.3) is 0 Å². The van der Waals surface area contributed by atoms with E-state index in [1.807, 2.05) is 0 Å². The number of aliphatic hydroxyl groups excluding tert-OH is 1. The SMILES string of the molecule is CCCCCCC(O)CCCCCCC=CC(=O)O. The summed E-state index contributed by atoms with van der Waals surface area (Å²) in [7, 11) is 0. The van der Waals surface area contributed by atoms with E-state index in [1.54, 1.807) is 6.08 Å². The van der Waals surface area contributed by atoms with Crippen molar-refractivity contribution in [2.45, 2.75) is 83.7 Å². The molecule has 0 rings (SSSR count). The quantitative estimate of drug-likeness (QED) is 0.387. The van der Waals surface area contributed by atoms with Crippen molar-refractivity contribution in [1.82, 2.24) is 0 Å². The van der Waals surface area contributed by atoms with Crippen LogP contribution in [0.5, 0.6) is 0 Å². The number of rotatable bonds is 13. The molecule has 0 spiro atoms. The average molecular weight is 270 g/mol. The fourth-order valence-electron chi connectivity index (χ4n) is 2.13. The highest BCUT2D eigenvalue weighted by Crippen LogP contribution is 2.12. The zero-order valence-corrected chi connectivity index (χ0v) is 12.3. The average Bonchev–Trinajstić information content (AvgIpc) is 2.37. The van der Waals surface area contributed by atoms with E-state index < -0.39 is 5.97 Å². The van der Waals surface area contributed by atoms with Crippen LogP contribution in [0.1, 0.15) is 77.6 Å². The van der Waals surface area contributed by atoms with Gasteiger partial charge in [0.15, 0.2) is 0 Å². The van der Waals surface area contributed by atoms with Gasteiger partial charge in [-0.2, -0.15) is 0 Å². The molecule has 0 aliphatic heterocycles. The van der Waals surface area contributed by atoms with E-state index >= 15 is 0 Å². The summed E-state index contributed by atoms with van der Waals surface area (Å²) in [6.45, 7) is 2.20. The zero-order chi connectivity index (χ0) is 14.3. The Balaban J connectivity index is 3.22. The lowest BCUT2D eigenvalue weighted by atomic mass is 10.0. The van der Waals surface area contributed by atoms with Gasteiger partial charge in [0.05, 0.1) is 6.10 Å². The molecule has 112 valence electrons. The first-order valence-electron chi connectivity index (χ1n) is 7.74. The van der Waals surface area contributed by atoms with Gasteiger partial charge in [-0.25, -0.2) is 4.79 Å². The molecule has 0 radical (unpaired) electrons. The Labute approximate surface area is 117 Å². The predicted octanol–water partition coefficient (Wildman–Crippen LogP) is 4.30. The molecule has 0 bridgehead atoms. The number of hydrogen-bond donors (Lipinski definition) is 2. The van der Waals surface area contributed by atoms with Crippen LogP contribution in [0, 0.1) is 0 Å². The summed E-state index contributed by atoms with van der Waals surface area (Å²) < 4.78 is 0. The van der Waals surface area contributed by atoms with Crippen LogP contribution in [0.3, 0.4) is 0 Å². The second-order valence-corrected chi connectivity index (χ2v) is 5.24. The fourth-order valence-corrected chi connectivity index (χ4v) is 2.13. The minimum atomic E-state index is -0.869. The molecular weight excluding hydrogens is 240 g/mol. The summed E-state index contributed by atoms with van der Waals surface area (Å²) in [6, 6.07) is 0. The first-order chi connectivity index (χ1) is 9.16. The fraction of sp³-hybridized carbons (Fsp3) is 0.812. The van der Waals surface area contributed by atoms with Gasteiger partial charge in [0, 0.05) is 6.08 Å². The normalized spacial score (nSPS) is 12.9. The highest BCUT2D eigenvalue weighted by atomic mass is 16.4. The summed E-state index contributed by atoms with van der Waals surface area (Å²) in [5.41, 5.74) is 0. The van der Waals surface area contributed by atoms with Crippen LogP contribution in [0.15, 0.2) is 12.2 Å². The number of aliphatic hydroxyl groups is 1. The van der Waals surface area contributed by atoms with Crippen molar-refractivity contribution in [2.24, 2.45) is 0 Å². The first kappa shape index (κ1) is 18.2. The van der Waals surface area contributed by atoms with Crippen LogP contribution in [-0.2, 0) is 4.79 Å². The molecule has 0 aliphatic rings. The van der Waals surface area contributed by atoms with Gasteiger partial charge in [0.2, 0.25) is 0 Å². The van der Waals surface area contributed by atoms with Crippen LogP contribution in [0.2, 0.25) is 0 Å². The van der Waals surface area contributed by atoms with Crippen molar-refractivity contribution < 1.29 is 15.0 Å². The number of carbonyl (C=O) groups is 1. The summed E-state index contributed by atoms with van der Waals surface area (Å²) in [5, 5.41) is 18.2. The molecule has 0 aromatic rings. The van der Waals surface area contributed by atoms with Gasteiger partial charge in [-0.3, -0.25) is 0 Å². The number of carboxylic acids is 1. The third-order valence-electron chi connectivity index (χ3n) is 3.31. The lowest BCUT2D eigenvalue weighted by Gasteiger charge is -2.09. The van der Waals surface area contributed by atoms with Crippen molar-refractivity contribution in [3.05, 3.63) is 12.2 Å². The Kier molecular flexibility index (Phi) is 13.0.